The third-order valence-electron chi connectivity index (χ3n) is 3.87. The maximum absolute atomic E-state index is 12.0. The van der Waals surface area contributed by atoms with Gasteiger partial charge in [0.05, 0.1) is 18.4 Å². The first-order valence-corrected chi connectivity index (χ1v) is 7.80. The van der Waals surface area contributed by atoms with Gasteiger partial charge in [-0.25, -0.2) is 4.98 Å². The zero-order chi connectivity index (χ0) is 17.1. The van der Waals surface area contributed by atoms with E-state index in [4.69, 9.17) is 14.2 Å². The maximum Gasteiger partial charge on any atom is 0.307 e. The van der Waals surface area contributed by atoms with Crippen LogP contribution in [0, 0.1) is 5.41 Å². The van der Waals surface area contributed by atoms with Gasteiger partial charge >= 0.3 is 5.97 Å². The standard InChI is InChI=1S/C16H26N2O5/c1-4-14-17-7-9-18(14)8-6-15(20)23-12-16(5-2,10-21-3)11-22-13-19/h7,9,13H,4-6,8,10-12H2,1-3H3. The number of aromatic nitrogens is 2. The molecule has 0 spiro atoms. The second-order valence-electron chi connectivity index (χ2n) is 5.49. The molecule has 7 nitrogen and oxygen atoms in total. The van der Waals surface area contributed by atoms with Crippen LogP contribution in [-0.4, -0.2) is 48.9 Å². The van der Waals surface area contributed by atoms with E-state index in [1.54, 1.807) is 13.3 Å². The molecule has 0 radical (unpaired) electrons. The second-order valence-corrected chi connectivity index (χ2v) is 5.49. The molecule has 0 aliphatic heterocycles. The van der Waals surface area contributed by atoms with E-state index in [-0.39, 0.29) is 25.6 Å². The number of hydrogen-bond donors (Lipinski definition) is 0. The summed E-state index contributed by atoms with van der Waals surface area (Å²) in [6, 6.07) is 0. The summed E-state index contributed by atoms with van der Waals surface area (Å²) in [5.74, 6) is 0.653. The lowest BCUT2D eigenvalue weighted by Crippen LogP contribution is -2.37. The van der Waals surface area contributed by atoms with E-state index in [9.17, 15) is 9.59 Å². The van der Waals surface area contributed by atoms with E-state index in [1.165, 1.54) is 0 Å². The summed E-state index contributed by atoms with van der Waals surface area (Å²) in [5, 5.41) is 0. The molecule has 0 aliphatic carbocycles. The van der Waals surface area contributed by atoms with Gasteiger partial charge in [-0.1, -0.05) is 13.8 Å². The van der Waals surface area contributed by atoms with Crippen LogP contribution in [0.25, 0.3) is 0 Å². The highest BCUT2D eigenvalue weighted by molar-refractivity contribution is 5.69. The van der Waals surface area contributed by atoms with Gasteiger partial charge < -0.3 is 18.8 Å². The molecule has 0 aromatic carbocycles. The third-order valence-corrected chi connectivity index (χ3v) is 3.87. The molecule has 0 amide bonds. The second kappa shape index (κ2) is 9.99. The molecule has 1 rings (SSSR count). The number of ether oxygens (including phenoxy) is 3. The van der Waals surface area contributed by atoms with Crippen LogP contribution in [0.3, 0.4) is 0 Å². The molecule has 7 heteroatoms. The zero-order valence-corrected chi connectivity index (χ0v) is 14.1. The predicted molar refractivity (Wildman–Crippen MR) is 83.8 cm³/mol. The Kier molecular flexibility index (Phi) is 8.32. The summed E-state index contributed by atoms with van der Waals surface area (Å²) >= 11 is 0. The SMILES string of the molecule is CCc1nccn1CCC(=O)OCC(CC)(COC)COC=O. The molecular weight excluding hydrogens is 300 g/mol. The minimum atomic E-state index is -0.505. The molecule has 0 fully saturated rings. The molecular formula is C16H26N2O5. The molecule has 23 heavy (non-hydrogen) atoms. The Bertz CT molecular complexity index is 489. The lowest BCUT2D eigenvalue weighted by atomic mass is 9.88. The van der Waals surface area contributed by atoms with E-state index < -0.39 is 5.41 Å². The fourth-order valence-electron chi connectivity index (χ4n) is 2.32. The Morgan fingerprint density at radius 3 is 2.74 bits per heavy atom. The molecule has 1 atom stereocenters. The first-order valence-electron chi connectivity index (χ1n) is 7.80. The van der Waals surface area contributed by atoms with Gasteiger partial charge in [0.15, 0.2) is 0 Å². The quantitative estimate of drug-likeness (QED) is 0.429. The summed E-state index contributed by atoms with van der Waals surface area (Å²) in [4.78, 5) is 26.6. The Morgan fingerprint density at radius 2 is 2.13 bits per heavy atom. The Hall–Kier alpha value is -1.89. The lowest BCUT2D eigenvalue weighted by molar-refractivity contribution is -0.152. The highest BCUT2D eigenvalue weighted by Gasteiger charge is 2.31. The molecule has 0 aliphatic rings. The monoisotopic (exact) mass is 326 g/mol. The van der Waals surface area contributed by atoms with E-state index in [1.807, 2.05) is 24.6 Å². The van der Waals surface area contributed by atoms with Crippen molar-refractivity contribution < 1.29 is 23.8 Å². The summed E-state index contributed by atoms with van der Waals surface area (Å²) in [5.41, 5.74) is -0.505. The highest BCUT2D eigenvalue weighted by Crippen LogP contribution is 2.23. The minimum absolute atomic E-state index is 0.161. The van der Waals surface area contributed by atoms with Gasteiger partial charge in [0, 0.05) is 32.5 Å². The smallest absolute Gasteiger partial charge is 0.307 e. The van der Waals surface area contributed by atoms with Crippen molar-refractivity contribution in [3.05, 3.63) is 18.2 Å². The van der Waals surface area contributed by atoms with Gasteiger partial charge in [-0.2, -0.15) is 0 Å². The summed E-state index contributed by atoms with van der Waals surface area (Å²) in [7, 11) is 1.57. The molecule has 1 unspecified atom stereocenters. The molecule has 0 saturated heterocycles. The third kappa shape index (κ3) is 6.02. The first kappa shape index (κ1) is 19.2. The van der Waals surface area contributed by atoms with Crippen LogP contribution in [0.15, 0.2) is 12.4 Å². The number of aryl methyl sites for hydroxylation is 2. The zero-order valence-electron chi connectivity index (χ0n) is 14.1. The van der Waals surface area contributed by atoms with Crippen molar-refractivity contribution in [2.24, 2.45) is 5.41 Å². The first-order chi connectivity index (χ1) is 11.1. The van der Waals surface area contributed by atoms with Gasteiger partial charge in [-0.15, -0.1) is 0 Å². The summed E-state index contributed by atoms with van der Waals surface area (Å²) < 4.78 is 17.4. The molecule has 0 saturated carbocycles. The van der Waals surface area contributed by atoms with Crippen molar-refractivity contribution in [3.8, 4) is 0 Å². The van der Waals surface area contributed by atoms with Gasteiger partial charge in [0.2, 0.25) is 0 Å². The van der Waals surface area contributed by atoms with Crippen molar-refractivity contribution >= 4 is 12.4 Å². The van der Waals surface area contributed by atoms with Crippen LogP contribution in [-0.2, 0) is 36.8 Å². The van der Waals surface area contributed by atoms with Crippen LogP contribution < -0.4 is 0 Å². The molecule has 1 aromatic rings. The fraction of sp³-hybridized carbons (Fsp3) is 0.688. The molecule has 1 heterocycles. The van der Waals surface area contributed by atoms with Gasteiger partial charge in [0.1, 0.15) is 19.0 Å². The van der Waals surface area contributed by atoms with E-state index >= 15 is 0 Å². The van der Waals surface area contributed by atoms with Crippen molar-refractivity contribution in [1.29, 1.82) is 0 Å². The van der Waals surface area contributed by atoms with Gasteiger partial charge in [-0.3, -0.25) is 9.59 Å². The van der Waals surface area contributed by atoms with Crippen molar-refractivity contribution in [3.63, 3.8) is 0 Å². The number of methoxy groups -OCH3 is 1. The summed E-state index contributed by atoms with van der Waals surface area (Å²) in [6.07, 6.45) is 5.33. The predicted octanol–water partition coefficient (Wildman–Crippen LogP) is 1.59. The van der Waals surface area contributed by atoms with Crippen molar-refractivity contribution in [2.45, 2.75) is 39.7 Å². The molecule has 1 aromatic heterocycles. The fourth-order valence-corrected chi connectivity index (χ4v) is 2.32. The lowest BCUT2D eigenvalue weighted by Gasteiger charge is -2.30. The Labute approximate surface area is 136 Å². The molecule has 0 N–H and O–H groups in total. The number of imidazole rings is 1. The molecule has 0 bridgehead atoms. The van der Waals surface area contributed by atoms with Crippen molar-refractivity contribution in [2.75, 3.05) is 26.9 Å². The van der Waals surface area contributed by atoms with Crippen LogP contribution in [0.5, 0.6) is 0 Å². The number of carbonyl (C=O) groups excluding carboxylic acids is 2. The van der Waals surface area contributed by atoms with Gasteiger partial charge in [0.25, 0.3) is 6.47 Å². The number of carbonyl (C=O) groups is 2. The average molecular weight is 326 g/mol. The Balaban J connectivity index is 2.49. The Morgan fingerprint density at radius 1 is 1.35 bits per heavy atom. The van der Waals surface area contributed by atoms with E-state index in [0.29, 0.717) is 26.0 Å². The topological polar surface area (TPSA) is 79.7 Å². The normalized spacial score (nSPS) is 13.3. The number of hydrogen-bond acceptors (Lipinski definition) is 6. The van der Waals surface area contributed by atoms with Crippen LogP contribution in [0.2, 0.25) is 0 Å². The van der Waals surface area contributed by atoms with Crippen LogP contribution >= 0.6 is 0 Å². The van der Waals surface area contributed by atoms with E-state index in [2.05, 4.69) is 4.98 Å². The summed E-state index contributed by atoms with van der Waals surface area (Å²) in [6.45, 7) is 5.57. The molecule has 130 valence electrons. The largest absolute Gasteiger partial charge is 0.467 e. The van der Waals surface area contributed by atoms with Crippen LogP contribution in [0.1, 0.15) is 32.5 Å². The number of nitrogens with zero attached hydrogens (tertiary/aromatic N) is 2. The average Bonchev–Trinajstić information content (AvgIpc) is 3.03. The van der Waals surface area contributed by atoms with E-state index in [0.717, 1.165) is 12.2 Å². The maximum atomic E-state index is 12.0. The van der Waals surface area contributed by atoms with Crippen molar-refractivity contribution in [1.82, 2.24) is 9.55 Å². The number of rotatable bonds is 12. The van der Waals surface area contributed by atoms with Gasteiger partial charge in [-0.05, 0) is 6.42 Å². The van der Waals surface area contributed by atoms with Crippen LogP contribution in [0.4, 0.5) is 0 Å². The highest BCUT2D eigenvalue weighted by atomic mass is 16.5. The minimum Gasteiger partial charge on any atom is -0.467 e. The number of esters is 1.